The quantitative estimate of drug-likeness (QED) is 0.254. The number of hydrogen-bond acceptors (Lipinski definition) is 5. The summed E-state index contributed by atoms with van der Waals surface area (Å²) in [6.45, 7) is 1.69. The zero-order chi connectivity index (χ0) is 24.6. The van der Waals surface area contributed by atoms with Crippen molar-refractivity contribution in [1.82, 2.24) is 0 Å². The third-order valence-corrected chi connectivity index (χ3v) is 6.62. The van der Waals surface area contributed by atoms with Crippen LogP contribution in [-0.4, -0.2) is 46.3 Å². The van der Waals surface area contributed by atoms with E-state index in [4.69, 9.17) is 13.9 Å². The average molecular weight is 515 g/mol. The maximum Gasteiger partial charge on any atom is 0.258 e. The summed E-state index contributed by atoms with van der Waals surface area (Å²) in [6.07, 6.45) is 0. The Morgan fingerprint density at radius 2 is 1.58 bits per heavy atom. The number of amides is 2. The molecule has 0 atom stereocenters. The van der Waals surface area contributed by atoms with Gasteiger partial charge in [-0.1, -0.05) is 30.3 Å². The number of phenolic OH excluding ortho intramolecular Hbond substituents is 1. The third kappa shape index (κ3) is 7.33. The molecule has 0 heterocycles. The largest absolute Gasteiger partial charge is 0.326 e. The summed E-state index contributed by atoms with van der Waals surface area (Å²) in [4.78, 5) is 24.6. The van der Waals surface area contributed by atoms with Gasteiger partial charge in [0.15, 0.2) is 0 Å². The molecule has 0 unspecified atom stereocenters. The minimum Gasteiger partial charge on any atom is -0.326 e. The van der Waals surface area contributed by atoms with Crippen LogP contribution in [0.5, 0.6) is 5.75 Å². The van der Waals surface area contributed by atoms with Gasteiger partial charge >= 0.3 is 88.1 Å². The van der Waals surface area contributed by atoms with Crippen molar-refractivity contribution in [3.05, 3.63) is 83.9 Å². The number of para-hydroxylation sites is 1. The van der Waals surface area contributed by atoms with Crippen molar-refractivity contribution >= 4 is 41.7 Å². The number of phenols is 1. The van der Waals surface area contributed by atoms with E-state index in [9.17, 15) is 18.4 Å². The van der Waals surface area contributed by atoms with Crippen LogP contribution in [0.15, 0.2) is 72.8 Å². The summed E-state index contributed by atoms with van der Waals surface area (Å²) in [5, 5.41) is 11.5. The number of nitrogens with zero attached hydrogens (tertiary/aromatic N) is 1. The molecule has 0 aromatic heterocycles. The van der Waals surface area contributed by atoms with Gasteiger partial charge in [-0.3, -0.25) is 4.79 Å². The minimum absolute atomic E-state index is 0.0175. The Labute approximate surface area is 194 Å². The molecule has 0 aliphatic heterocycles. The van der Waals surface area contributed by atoms with E-state index in [2.05, 4.69) is 5.32 Å². The van der Waals surface area contributed by atoms with E-state index in [1.807, 2.05) is 54.6 Å². The average Bonchev–Trinajstić information content (AvgIpc) is 2.79. The van der Waals surface area contributed by atoms with E-state index < -0.39 is 20.1 Å². The Hall–Kier alpha value is -3.36. The molecule has 0 aliphatic rings. The van der Waals surface area contributed by atoms with E-state index in [0.29, 0.717) is 12.1 Å². The Kier molecular flexibility index (Phi) is 9.01. The van der Waals surface area contributed by atoms with E-state index in [0.717, 1.165) is 11.3 Å². The van der Waals surface area contributed by atoms with E-state index in [1.54, 1.807) is 11.9 Å². The van der Waals surface area contributed by atoms with E-state index in [-0.39, 0.29) is 21.7 Å². The number of nitrogens with two attached hydrogens (primary N) is 1. The van der Waals surface area contributed by atoms with Gasteiger partial charge in [0.2, 0.25) is 0 Å². The summed E-state index contributed by atoms with van der Waals surface area (Å²) in [6, 6.07) is 20.6. The first-order chi connectivity index (χ1) is 15.5. The van der Waals surface area contributed by atoms with Crippen LogP contribution in [0.25, 0.3) is 0 Å². The van der Waals surface area contributed by atoms with Gasteiger partial charge in [0.25, 0.3) is 5.91 Å². The van der Waals surface area contributed by atoms with Crippen molar-refractivity contribution in [1.29, 1.82) is 0 Å². The van der Waals surface area contributed by atoms with Crippen LogP contribution in [0.2, 0.25) is 0 Å². The van der Waals surface area contributed by atoms with E-state index in [1.165, 1.54) is 25.1 Å². The van der Waals surface area contributed by atoms with Crippen molar-refractivity contribution in [3.8, 4) is 5.75 Å². The number of carbonyl (C=O) groups excluding carboxylic acids is 2. The number of anilines is 2. The summed E-state index contributed by atoms with van der Waals surface area (Å²) in [5.74, 6) is -0.898. The SMILES string of the molecule is CC(=O)Nc1c(O)cccc1[As](=O)(O)O.CN(C(=O)c1ccccc1)c1ccc(CN)cc1. The van der Waals surface area contributed by atoms with Crippen LogP contribution in [0.3, 0.4) is 0 Å². The molecule has 9 nitrogen and oxygen atoms in total. The number of carbonyl (C=O) groups is 2. The standard InChI is InChI=1S/C15H16N2O.C8H10AsNO5/c1-17(14-9-7-12(11-16)8-10-14)15(18)13-5-3-2-4-6-13;1-5(11)10-8-6(9(13,14)15)3-2-4-7(8)12/h2-10H,11,16H2,1H3;2-4,12H,1H3,(H,10,11)(H2,13,14,15). The number of hydrogen-bond donors (Lipinski definition) is 5. The maximum atomic E-state index is 12.2. The minimum atomic E-state index is -5.14. The Balaban J connectivity index is 0.000000238. The molecular formula is C23H26AsN3O6. The summed E-state index contributed by atoms with van der Waals surface area (Å²) >= 11 is -5.14. The maximum absolute atomic E-state index is 12.2. The molecule has 3 aromatic rings. The Morgan fingerprint density at radius 3 is 2.09 bits per heavy atom. The number of aromatic hydroxyl groups is 1. The molecule has 3 rings (SSSR count). The summed E-state index contributed by atoms with van der Waals surface area (Å²) in [7, 11) is 1.77. The predicted octanol–water partition coefficient (Wildman–Crippen LogP) is 1.33. The fraction of sp³-hybridized carbons (Fsp3) is 0.130. The molecule has 0 bridgehead atoms. The van der Waals surface area contributed by atoms with Crippen molar-refractivity contribution < 1.29 is 26.6 Å². The van der Waals surface area contributed by atoms with Crippen LogP contribution in [0.1, 0.15) is 22.8 Å². The normalized spacial score (nSPS) is 10.6. The number of rotatable bonds is 5. The van der Waals surface area contributed by atoms with Crippen molar-refractivity contribution in [3.63, 3.8) is 0 Å². The first-order valence-electron chi connectivity index (χ1n) is 9.82. The first kappa shape index (κ1) is 25.9. The number of nitrogens with one attached hydrogen (secondary N) is 1. The summed E-state index contributed by atoms with van der Waals surface area (Å²) < 4.78 is 28.8. The topological polar surface area (TPSA) is 153 Å². The Bertz CT molecular complexity index is 1150. The molecule has 33 heavy (non-hydrogen) atoms. The Morgan fingerprint density at radius 1 is 0.970 bits per heavy atom. The molecule has 3 aromatic carbocycles. The zero-order valence-corrected chi connectivity index (χ0v) is 20.1. The second-order valence-electron chi connectivity index (χ2n) is 7.00. The van der Waals surface area contributed by atoms with Crippen molar-refractivity contribution in [2.24, 2.45) is 5.73 Å². The van der Waals surface area contributed by atoms with Gasteiger partial charge in [-0.25, -0.2) is 0 Å². The molecule has 0 fully saturated rings. The van der Waals surface area contributed by atoms with E-state index >= 15 is 0 Å². The number of benzene rings is 3. The molecule has 0 radical (unpaired) electrons. The van der Waals surface area contributed by atoms with Gasteiger partial charge in [-0.05, 0) is 29.8 Å². The molecular weight excluding hydrogens is 489 g/mol. The molecule has 0 saturated heterocycles. The van der Waals surface area contributed by atoms with Crippen LogP contribution in [0.4, 0.5) is 11.4 Å². The molecule has 2 amide bonds. The molecule has 174 valence electrons. The van der Waals surface area contributed by atoms with Gasteiger partial charge in [-0.2, -0.15) is 0 Å². The van der Waals surface area contributed by atoms with Crippen LogP contribution < -0.4 is 20.3 Å². The van der Waals surface area contributed by atoms with Crippen LogP contribution >= 0.6 is 0 Å². The first-order valence-corrected chi connectivity index (χ1v) is 13.2. The fourth-order valence-electron chi connectivity index (χ4n) is 2.82. The smallest absolute Gasteiger partial charge is 0.258 e. The molecule has 6 N–H and O–H groups in total. The second-order valence-corrected chi connectivity index (χ2v) is 10.3. The fourth-order valence-corrected chi connectivity index (χ4v) is 4.38. The van der Waals surface area contributed by atoms with Gasteiger partial charge in [0.05, 0.1) is 0 Å². The zero-order valence-electron chi connectivity index (χ0n) is 18.2. The van der Waals surface area contributed by atoms with Gasteiger partial charge in [0.1, 0.15) is 0 Å². The van der Waals surface area contributed by atoms with Gasteiger partial charge < -0.3 is 10.6 Å². The molecule has 10 heteroatoms. The monoisotopic (exact) mass is 515 g/mol. The second kappa shape index (κ2) is 11.5. The van der Waals surface area contributed by atoms with Crippen LogP contribution in [0, 0.1) is 0 Å². The summed E-state index contributed by atoms with van der Waals surface area (Å²) in [5.41, 5.74) is 7.92. The van der Waals surface area contributed by atoms with Crippen LogP contribution in [-0.2, 0) is 15.1 Å². The van der Waals surface area contributed by atoms with Gasteiger partial charge in [0, 0.05) is 24.8 Å². The van der Waals surface area contributed by atoms with Crippen molar-refractivity contribution in [2.75, 3.05) is 17.3 Å². The predicted molar refractivity (Wildman–Crippen MR) is 126 cm³/mol. The molecule has 0 spiro atoms. The third-order valence-electron chi connectivity index (χ3n) is 4.52. The van der Waals surface area contributed by atoms with Gasteiger partial charge in [-0.15, -0.1) is 0 Å². The molecule has 0 aliphatic carbocycles. The molecule has 0 saturated carbocycles. The van der Waals surface area contributed by atoms with Crippen molar-refractivity contribution in [2.45, 2.75) is 13.5 Å².